The van der Waals surface area contributed by atoms with Crippen molar-refractivity contribution in [3.8, 4) is 0 Å². The van der Waals surface area contributed by atoms with Crippen molar-refractivity contribution in [1.29, 1.82) is 0 Å². The molecule has 4 nitrogen and oxygen atoms in total. The summed E-state index contributed by atoms with van der Waals surface area (Å²) in [5.74, 6) is 0. The summed E-state index contributed by atoms with van der Waals surface area (Å²) < 4.78 is 10.4. The van der Waals surface area contributed by atoms with Gasteiger partial charge in [0.25, 0.3) is 0 Å². The van der Waals surface area contributed by atoms with Crippen LogP contribution in [0.15, 0.2) is 0 Å². The minimum atomic E-state index is 0.135. The van der Waals surface area contributed by atoms with Crippen molar-refractivity contribution in [2.75, 3.05) is 33.9 Å². The maximum atomic E-state index is 5.30. The summed E-state index contributed by atoms with van der Waals surface area (Å²) in [4.78, 5) is 0. The fourth-order valence-electron chi connectivity index (χ4n) is 1.72. The number of ether oxygens (including phenoxy) is 2. The lowest BCUT2D eigenvalue weighted by Crippen LogP contribution is -2.44. The first-order chi connectivity index (χ1) is 8.17. The van der Waals surface area contributed by atoms with Gasteiger partial charge in [-0.05, 0) is 19.8 Å². The minimum absolute atomic E-state index is 0.135. The average molecular weight is 246 g/mol. The molecule has 2 N–H and O–H groups in total. The highest BCUT2D eigenvalue weighted by molar-refractivity contribution is 4.71. The van der Waals surface area contributed by atoms with E-state index in [4.69, 9.17) is 9.47 Å². The Labute approximate surface area is 106 Å². The van der Waals surface area contributed by atoms with Crippen LogP contribution in [0.4, 0.5) is 0 Å². The van der Waals surface area contributed by atoms with Crippen LogP contribution in [-0.2, 0) is 9.47 Å². The Kier molecular flexibility index (Phi) is 10.9. The van der Waals surface area contributed by atoms with Crippen LogP contribution in [0, 0.1) is 0 Å². The highest BCUT2D eigenvalue weighted by Gasteiger charge is 2.10. The molecule has 2 unspecified atom stereocenters. The van der Waals surface area contributed by atoms with E-state index in [1.807, 2.05) is 0 Å². The molecule has 2 atom stereocenters. The molecular formula is C13H30N2O2. The molecular weight excluding hydrogens is 216 g/mol. The third-order valence-corrected chi connectivity index (χ3v) is 3.08. The Hall–Kier alpha value is -0.160. The molecule has 0 rings (SSSR count). The molecule has 0 aromatic heterocycles. The molecule has 0 bridgehead atoms. The Morgan fingerprint density at radius 2 is 1.65 bits per heavy atom. The van der Waals surface area contributed by atoms with Crippen molar-refractivity contribution in [1.82, 2.24) is 10.6 Å². The third kappa shape index (κ3) is 8.55. The smallest absolute Gasteiger partial charge is 0.0928 e. The monoisotopic (exact) mass is 246 g/mol. The van der Waals surface area contributed by atoms with Gasteiger partial charge in [0.2, 0.25) is 0 Å². The van der Waals surface area contributed by atoms with Crippen molar-refractivity contribution in [2.24, 2.45) is 0 Å². The second-order valence-corrected chi connectivity index (χ2v) is 4.54. The lowest BCUT2D eigenvalue weighted by atomic mass is 10.1. The predicted octanol–water partition coefficient (Wildman–Crippen LogP) is 1.40. The second kappa shape index (κ2) is 11.0. The molecule has 104 valence electrons. The van der Waals surface area contributed by atoms with Crippen molar-refractivity contribution >= 4 is 0 Å². The summed E-state index contributed by atoms with van der Waals surface area (Å²) in [5, 5.41) is 7.01. The molecule has 17 heavy (non-hydrogen) atoms. The zero-order chi connectivity index (χ0) is 13.1. The van der Waals surface area contributed by atoms with E-state index in [0.29, 0.717) is 18.7 Å². The molecule has 0 aromatic carbocycles. The first-order valence-electron chi connectivity index (χ1n) is 6.66. The van der Waals surface area contributed by atoms with Gasteiger partial charge in [0, 0.05) is 39.4 Å². The second-order valence-electron chi connectivity index (χ2n) is 4.54. The number of nitrogens with one attached hydrogen (secondary N) is 2. The van der Waals surface area contributed by atoms with Crippen LogP contribution in [-0.4, -0.2) is 52.1 Å². The molecule has 0 aliphatic carbocycles. The quantitative estimate of drug-likeness (QED) is 0.578. The van der Waals surface area contributed by atoms with Crippen LogP contribution in [0.1, 0.15) is 33.6 Å². The third-order valence-electron chi connectivity index (χ3n) is 3.08. The number of hydrogen-bond donors (Lipinski definition) is 2. The van der Waals surface area contributed by atoms with Gasteiger partial charge in [-0.1, -0.05) is 13.8 Å². The molecule has 0 amide bonds. The Morgan fingerprint density at radius 3 is 2.12 bits per heavy atom. The molecule has 0 saturated carbocycles. The van der Waals surface area contributed by atoms with Gasteiger partial charge >= 0.3 is 0 Å². The Bertz CT molecular complexity index is 163. The SMILES string of the molecule is CCC(CC)NCC(C)NCC(COC)OC. The summed E-state index contributed by atoms with van der Waals surface area (Å²) in [6, 6.07) is 1.08. The molecule has 0 spiro atoms. The molecule has 0 fully saturated rings. The van der Waals surface area contributed by atoms with Gasteiger partial charge in [0.1, 0.15) is 0 Å². The first kappa shape index (κ1) is 16.8. The van der Waals surface area contributed by atoms with Gasteiger partial charge in [0.05, 0.1) is 12.7 Å². The van der Waals surface area contributed by atoms with E-state index in [2.05, 4.69) is 31.4 Å². The first-order valence-corrected chi connectivity index (χ1v) is 6.66. The van der Waals surface area contributed by atoms with Crippen LogP contribution in [0.3, 0.4) is 0 Å². The van der Waals surface area contributed by atoms with Crippen molar-refractivity contribution in [3.63, 3.8) is 0 Å². The largest absolute Gasteiger partial charge is 0.382 e. The highest BCUT2D eigenvalue weighted by atomic mass is 16.5. The van der Waals surface area contributed by atoms with E-state index < -0.39 is 0 Å². The fraction of sp³-hybridized carbons (Fsp3) is 1.00. The lowest BCUT2D eigenvalue weighted by Gasteiger charge is -2.22. The van der Waals surface area contributed by atoms with Crippen molar-refractivity contribution in [2.45, 2.75) is 51.8 Å². The average Bonchev–Trinajstić information content (AvgIpc) is 2.35. The van der Waals surface area contributed by atoms with E-state index in [9.17, 15) is 0 Å². The minimum Gasteiger partial charge on any atom is -0.382 e. The topological polar surface area (TPSA) is 42.5 Å². The van der Waals surface area contributed by atoms with Gasteiger partial charge in [-0.3, -0.25) is 0 Å². The van der Waals surface area contributed by atoms with Crippen molar-refractivity contribution < 1.29 is 9.47 Å². The summed E-state index contributed by atoms with van der Waals surface area (Å²) in [7, 11) is 3.42. The number of rotatable bonds is 11. The molecule has 0 aliphatic heterocycles. The molecule has 4 heteroatoms. The van der Waals surface area contributed by atoms with Crippen LogP contribution < -0.4 is 10.6 Å². The predicted molar refractivity (Wildman–Crippen MR) is 72.5 cm³/mol. The van der Waals surface area contributed by atoms with Gasteiger partial charge in [-0.15, -0.1) is 0 Å². The summed E-state index contributed by atoms with van der Waals surface area (Å²) in [6.07, 6.45) is 2.51. The lowest BCUT2D eigenvalue weighted by molar-refractivity contribution is 0.0276. The van der Waals surface area contributed by atoms with Gasteiger partial charge in [-0.25, -0.2) is 0 Å². The van der Waals surface area contributed by atoms with Gasteiger partial charge < -0.3 is 20.1 Å². The highest BCUT2D eigenvalue weighted by Crippen LogP contribution is 1.96. The molecule has 0 radical (unpaired) electrons. The number of hydrogen-bond acceptors (Lipinski definition) is 4. The summed E-state index contributed by atoms with van der Waals surface area (Å²) >= 11 is 0. The van der Waals surface area contributed by atoms with E-state index in [0.717, 1.165) is 13.1 Å². The fourth-order valence-corrected chi connectivity index (χ4v) is 1.72. The summed E-state index contributed by atoms with van der Waals surface area (Å²) in [5.41, 5.74) is 0. The molecule has 0 heterocycles. The van der Waals surface area contributed by atoms with Crippen molar-refractivity contribution in [3.05, 3.63) is 0 Å². The molecule has 0 saturated heterocycles. The summed E-state index contributed by atoms with van der Waals surface area (Å²) in [6.45, 7) is 9.09. The van der Waals surface area contributed by atoms with E-state index in [1.54, 1.807) is 14.2 Å². The maximum Gasteiger partial charge on any atom is 0.0928 e. The maximum absolute atomic E-state index is 5.30. The van der Waals surface area contributed by atoms with Gasteiger partial charge in [0.15, 0.2) is 0 Å². The van der Waals surface area contributed by atoms with E-state index in [1.165, 1.54) is 12.8 Å². The van der Waals surface area contributed by atoms with Crippen LogP contribution in [0.2, 0.25) is 0 Å². The van der Waals surface area contributed by atoms with Crippen LogP contribution in [0.5, 0.6) is 0 Å². The Morgan fingerprint density at radius 1 is 1.00 bits per heavy atom. The normalized spacial score (nSPS) is 15.2. The van der Waals surface area contributed by atoms with Crippen LogP contribution in [0.25, 0.3) is 0 Å². The Balaban J connectivity index is 3.66. The standard InChI is InChI=1S/C13H30N2O2/c1-6-12(7-2)15-8-11(3)14-9-13(17-5)10-16-4/h11-15H,6-10H2,1-5H3. The number of methoxy groups -OCH3 is 2. The zero-order valence-electron chi connectivity index (χ0n) is 12.1. The van der Waals surface area contributed by atoms with E-state index >= 15 is 0 Å². The zero-order valence-corrected chi connectivity index (χ0v) is 12.1. The molecule has 0 aliphatic rings. The molecule has 0 aromatic rings. The van der Waals surface area contributed by atoms with Crippen LogP contribution >= 0.6 is 0 Å². The van der Waals surface area contributed by atoms with Gasteiger partial charge in [-0.2, -0.15) is 0 Å². The van der Waals surface area contributed by atoms with E-state index in [-0.39, 0.29) is 6.10 Å².